The van der Waals surface area contributed by atoms with E-state index in [0.717, 1.165) is 38.6 Å². The van der Waals surface area contributed by atoms with Crippen molar-refractivity contribution in [2.75, 3.05) is 26.7 Å². The lowest BCUT2D eigenvalue weighted by Gasteiger charge is -2.32. The number of carbonyl (C=O) groups excluding carboxylic acids is 1. The van der Waals surface area contributed by atoms with E-state index in [1.54, 1.807) is 0 Å². The molecule has 2 fully saturated rings. The van der Waals surface area contributed by atoms with Crippen LogP contribution in [0.2, 0.25) is 0 Å². The van der Waals surface area contributed by atoms with Gasteiger partial charge in [-0.15, -0.1) is 0 Å². The second-order valence-corrected chi connectivity index (χ2v) is 7.71. The van der Waals surface area contributed by atoms with Crippen molar-refractivity contribution in [3.8, 4) is 0 Å². The molecule has 2 rings (SSSR count). The second kappa shape index (κ2) is 6.87. The molecular formula is C13H24N2O4S. The van der Waals surface area contributed by atoms with E-state index < -0.39 is 15.3 Å². The first-order valence-electron chi connectivity index (χ1n) is 7.31. The number of methoxy groups -OCH3 is 1. The largest absolute Gasteiger partial charge is 0.468 e. The Labute approximate surface area is 120 Å². The molecule has 20 heavy (non-hydrogen) atoms. The maximum absolute atomic E-state index is 12.4. The molecule has 2 aliphatic rings. The predicted molar refractivity (Wildman–Crippen MR) is 75.8 cm³/mol. The summed E-state index contributed by atoms with van der Waals surface area (Å²) in [6.45, 7) is 1.34. The highest BCUT2D eigenvalue weighted by Crippen LogP contribution is 2.22. The molecule has 1 heterocycles. The zero-order chi connectivity index (χ0) is 14.6. The molecule has 1 saturated carbocycles. The van der Waals surface area contributed by atoms with Crippen LogP contribution in [0.3, 0.4) is 0 Å². The third kappa shape index (κ3) is 4.17. The lowest BCUT2D eigenvalue weighted by molar-refractivity contribution is -0.142. The summed E-state index contributed by atoms with van der Waals surface area (Å²) in [6, 6.07) is 0.107. The van der Waals surface area contributed by atoms with Gasteiger partial charge >= 0.3 is 5.97 Å². The van der Waals surface area contributed by atoms with Gasteiger partial charge in [0.25, 0.3) is 0 Å². The lowest BCUT2D eigenvalue weighted by atomic mass is 10.1. The van der Waals surface area contributed by atoms with Gasteiger partial charge in [-0.2, -0.15) is 0 Å². The molecule has 0 unspecified atom stereocenters. The van der Waals surface area contributed by atoms with Crippen molar-refractivity contribution >= 4 is 16.0 Å². The number of hydrogen-bond acceptors (Lipinski definition) is 5. The zero-order valence-electron chi connectivity index (χ0n) is 12.0. The average Bonchev–Trinajstić information content (AvgIpc) is 2.91. The number of sulfonamides is 1. The maximum Gasteiger partial charge on any atom is 0.319 e. The fraction of sp³-hybridized carbons (Fsp3) is 0.923. The summed E-state index contributed by atoms with van der Waals surface area (Å²) in [5, 5.41) is -0.415. The first-order valence-corrected chi connectivity index (χ1v) is 8.86. The smallest absolute Gasteiger partial charge is 0.319 e. The molecule has 0 aromatic carbocycles. The number of esters is 1. The predicted octanol–water partition coefficient (Wildman–Crippen LogP) is 0.486. The SMILES string of the molecule is COC(=O)CN1CCC[C@H](S(=O)(=O)NC2CCCC2)C1. The maximum atomic E-state index is 12.4. The topological polar surface area (TPSA) is 75.7 Å². The van der Waals surface area contributed by atoms with E-state index in [1.165, 1.54) is 7.11 Å². The van der Waals surface area contributed by atoms with Crippen LogP contribution < -0.4 is 4.72 Å². The Morgan fingerprint density at radius 1 is 1.25 bits per heavy atom. The van der Waals surface area contributed by atoms with Crippen molar-refractivity contribution in [3.63, 3.8) is 0 Å². The van der Waals surface area contributed by atoms with E-state index in [9.17, 15) is 13.2 Å². The molecule has 0 amide bonds. The molecule has 1 aliphatic heterocycles. The number of carbonyl (C=O) groups is 1. The molecule has 0 bridgehead atoms. The van der Waals surface area contributed by atoms with Crippen molar-refractivity contribution in [3.05, 3.63) is 0 Å². The van der Waals surface area contributed by atoms with Gasteiger partial charge in [0.1, 0.15) is 0 Å². The summed E-state index contributed by atoms with van der Waals surface area (Å²) in [4.78, 5) is 13.2. The summed E-state index contributed by atoms with van der Waals surface area (Å²) in [5.74, 6) is -0.313. The normalized spacial score (nSPS) is 25.8. The molecule has 1 saturated heterocycles. The number of nitrogens with zero attached hydrogens (tertiary/aromatic N) is 1. The van der Waals surface area contributed by atoms with Crippen LogP contribution in [0.4, 0.5) is 0 Å². The van der Waals surface area contributed by atoms with Crippen LogP contribution in [-0.2, 0) is 19.6 Å². The van der Waals surface area contributed by atoms with Crippen molar-refractivity contribution < 1.29 is 17.9 Å². The van der Waals surface area contributed by atoms with E-state index in [0.29, 0.717) is 13.0 Å². The van der Waals surface area contributed by atoms with E-state index >= 15 is 0 Å². The molecule has 0 radical (unpaired) electrons. The van der Waals surface area contributed by atoms with Gasteiger partial charge < -0.3 is 4.74 Å². The van der Waals surface area contributed by atoms with Gasteiger partial charge in [-0.3, -0.25) is 9.69 Å². The van der Waals surface area contributed by atoms with E-state index in [-0.39, 0.29) is 18.6 Å². The van der Waals surface area contributed by atoms with E-state index in [4.69, 9.17) is 0 Å². The minimum Gasteiger partial charge on any atom is -0.468 e. The number of piperidine rings is 1. The molecule has 7 heteroatoms. The number of hydrogen-bond donors (Lipinski definition) is 1. The number of nitrogens with one attached hydrogen (secondary N) is 1. The van der Waals surface area contributed by atoms with Crippen LogP contribution in [-0.4, -0.2) is 57.3 Å². The molecule has 1 atom stereocenters. The van der Waals surface area contributed by atoms with Gasteiger partial charge in [0.2, 0.25) is 10.0 Å². The van der Waals surface area contributed by atoms with Gasteiger partial charge in [0.05, 0.1) is 18.9 Å². The van der Waals surface area contributed by atoms with Crippen LogP contribution >= 0.6 is 0 Å². The highest BCUT2D eigenvalue weighted by molar-refractivity contribution is 7.90. The van der Waals surface area contributed by atoms with Gasteiger partial charge in [0.15, 0.2) is 0 Å². The Bertz CT molecular complexity index is 432. The molecular weight excluding hydrogens is 280 g/mol. The van der Waals surface area contributed by atoms with Crippen molar-refractivity contribution in [2.45, 2.75) is 49.8 Å². The molecule has 1 N–H and O–H groups in total. The van der Waals surface area contributed by atoms with Gasteiger partial charge in [0, 0.05) is 12.6 Å². The molecule has 1 aliphatic carbocycles. The Morgan fingerprint density at radius 3 is 2.60 bits per heavy atom. The molecule has 6 nitrogen and oxygen atoms in total. The second-order valence-electron chi connectivity index (χ2n) is 5.72. The Balaban J connectivity index is 1.91. The standard InChI is InChI=1S/C13H24N2O4S/c1-19-13(16)10-15-8-4-7-12(9-15)20(17,18)14-11-5-2-3-6-11/h11-12,14H,2-10H2,1H3/t12-/m0/s1. The van der Waals surface area contributed by atoms with Crippen LogP contribution in [0.5, 0.6) is 0 Å². The Hall–Kier alpha value is -0.660. The molecule has 116 valence electrons. The third-order valence-electron chi connectivity index (χ3n) is 4.17. The monoisotopic (exact) mass is 304 g/mol. The van der Waals surface area contributed by atoms with Crippen LogP contribution in [0.15, 0.2) is 0 Å². The fourth-order valence-electron chi connectivity index (χ4n) is 3.03. The zero-order valence-corrected chi connectivity index (χ0v) is 12.8. The summed E-state index contributed by atoms with van der Waals surface area (Å²) in [5.41, 5.74) is 0. The summed E-state index contributed by atoms with van der Waals surface area (Å²) in [6.07, 6.45) is 5.56. The highest BCUT2D eigenvalue weighted by atomic mass is 32.2. The van der Waals surface area contributed by atoms with Crippen molar-refractivity contribution in [1.29, 1.82) is 0 Å². The summed E-state index contributed by atoms with van der Waals surface area (Å²) < 4.78 is 32.3. The quantitative estimate of drug-likeness (QED) is 0.748. The van der Waals surface area contributed by atoms with E-state index in [1.807, 2.05) is 4.90 Å². The average molecular weight is 304 g/mol. The van der Waals surface area contributed by atoms with Gasteiger partial charge in [-0.05, 0) is 32.2 Å². The van der Waals surface area contributed by atoms with Crippen molar-refractivity contribution in [1.82, 2.24) is 9.62 Å². The third-order valence-corrected chi connectivity index (χ3v) is 6.09. The van der Waals surface area contributed by atoms with Crippen molar-refractivity contribution in [2.24, 2.45) is 0 Å². The molecule has 0 aromatic heterocycles. The van der Waals surface area contributed by atoms with Gasteiger partial charge in [-0.25, -0.2) is 13.1 Å². The first-order chi connectivity index (χ1) is 9.51. The summed E-state index contributed by atoms with van der Waals surface area (Å²) >= 11 is 0. The number of rotatable bonds is 5. The van der Waals surface area contributed by atoms with E-state index in [2.05, 4.69) is 9.46 Å². The molecule has 0 aromatic rings. The fourth-order valence-corrected chi connectivity index (χ4v) is 4.81. The summed E-state index contributed by atoms with van der Waals surface area (Å²) in [7, 11) is -1.94. The van der Waals surface area contributed by atoms with Gasteiger partial charge in [-0.1, -0.05) is 12.8 Å². The highest BCUT2D eigenvalue weighted by Gasteiger charge is 2.33. The van der Waals surface area contributed by atoms with Crippen LogP contribution in [0.1, 0.15) is 38.5 Å². The lowest BCUT2D eigenvalue weighted by Crippen LogP contribution is -2.49. The minimum atomic E-state index is -3.29. The Morgan fingerprint density at radius 2 is 1.95 bits per heavy atom. The first kappa shape index (κ1) is 15.7. The number of ether oxygens (including phenoxy) is 1. The Kier molecular flexibility index (Phi) is 5.40. The van der Waals surface area contributed by atoms with Crippen LogP contribution in [0, 0.1) is 0 Å². The van der Waals surface area contributed by atoms with Crippen LogP contribution in [0.25, 0.3) is 0 Å². The number of likely N-dealkylation sites (tertiary alicyclic amines) is 1. The molecule has 0 spiro atoms. The minimum absolute atomic E-state index is 0.107.